The lowest BCUT2D eigenvalue weighted by molar-refractivity contribution is 0.0421. The van der Waals surface area contributed by atoms with Crippen LogP contribution in [0.1, 0.15) is 61.2 Å². The van der Waals surface area contributed by atoms with E-state index in [2.05, 4.69) is 13.0 Å². The van der Waals surface area contributed by atoms with Crippen LogP contribution in [0, 0.1) is 5.92 Å². The van der Waals surface area contributed by atoms with Crippen molar-refractivity contribution in [3.63, 3.8) is 0 Å². The Morgan fingerprint density at radius 2 is 1.62 bits per heavy atom. The molecule has 2 aliphatic rings. The van der Waals surface area contributed by atoms with Gasteiger partial charge in [-0.1, -0.05) is 49.4 Å². The number of nitrogens with zero attached hydrogens (tertiary/aromatic N) is 2. The zero-order chi connectivity index (χ0) is 27.8. The van der Waals surface area contributed by atoms with E-state index in [1.807, 2.05) is 48.5 Å². The van der Waals surface area contributed by atoms with Crippen molar-refractivity contribution in [1.29, 1.82) is 0 Å². The van der Waals surface area contributed by atoms with Crippen molar-refractivity contribution in [2.75, 3.05) is 20.3 Å². The number of esters is 1. The number of ether oxygens (including phenoxy) is 2. The molecule has 2 amide bonds. The number of aromatic nitrogens is 1. The molecule has 1 atom stereocenters. The number of carbonyl (C=O) groups excluding carboxylic acids is 3. The van der Waals surface area contributed by atoms with Crippen LogP contribution in [0.3, 0.4) is 0 Å². The van der Waals surface area contributed by atoms with Crippen LogP contribution in [0.4, 0.5) is 0 Å². The van der Waals surface area contributed by atoms with Crippen LogP contribution in [0.25, 0.3) is 22.6 Å². The first-order chi connectivity index (χ1) is 19.4. The molecule has 2 heterocycles. The van der Waals surface area contributed by atoms with Crippen molar-refractivity contribution in [3.05, 3.63) is 106 Å². The smallest absolute Gasteiger partial charge is 0.339 e. The Bertz CT molecular complexity index is 1650. The molecule has 0 saturated carbocycles. The summed E-state index contributed by atoms with van der Waals surface area (Å²) in [5.74, 6) is -0.139. The Hall–Kier alpha value is -4.78. The van der Waals surface area contributed by atoms with Crippen molar-refractivity contribution in [2.24, 2.45) is 5.92 Å². The van der Waals surface area contributed by atoms with E-state index < -0.39 is 5.97 Å². The molecule has 200 valence electrons. The fourth-order valence-electron chi connectivity index (χ4n) is 5.61. The number of carbonyl (C=O) groups is 3. The number of amides is 2. The van der Waals surface area contributed by atoms with Crippen LogP contribution in [0.15, 0.2) is 72.8 Å². The van der Waals surface area contributed by atoms with Crippen LogP contribution in [-0.2, 0) is 11.2 Å². The summed E-state index contributed by atoms with van der Waals surface area (Å²) < 4.78 is 11.0. The van der Waals surface area contributed by atoms with Crippen LogP contribution >= 0.6 is 0 Å². The van der Waals surface area contributed by atoms with Crippen LogP contribution < -0.4 is 4.74 Å². The second-order valence-corrected chi connectivity index (χ2v) is 10.2. The quantitative estimate of drug-likeness (QED) is 0.230. The SMILES string of the molecule is COc1ccc(/C=C2/CC(C)Cc3c2nc2ccccc2c3C(=O)OCCN2C(=O)c3ccccc3C2=O)cc1. The lowest BCUT2D eigenvalue weighted by atomic mass is 9.80. The van der Waals surface area contributed by atoms with Crippen molar-refractivity contribution in [3.8, 4) is 5.75 Å². The molecule has 7 nitrogen and oxygen atoms in total. The number of benzene rings is 3. The first-order valence-corrected chi connectivity index (χ1v) is 13.3. The van der Waals surface area contributed by atoms with Gasteiger partial charge in [-0.15, -0.1) is 0 Å². The maximum Gasteiger partial charge on any atom is 0.339 e. The molecule has 0 saturated heterocycles. The van der Waals surface area contributed by atoms with Crippen molar-refractivity contribution in [1.82, 2.24) is 9.88 Å². The van der Waals surface area contributed by atoms with E-state index >= 15 is 0 Å². The minimum atomic E-state index is -0.482. The summed E-state index contributed by atoms with van der Waals surface area (Å²) in [5.41, 5.74) is 5.71. The predicted molar refractivity (Wildman–Crippen MR) is 152 cm³/mol. The highest BCUT2D eigenvalue weighted by molar-refractivity contribution is 6.21. The third-order valence-electron chi connectivity index (χ3n) is 7.51. The molecule has 0 radical (unpaired) electrons. The van der Waals surface area contributed by atoms with Crippen LogP contribution in [-0.4, -0.2) is 47.9 Å². The van der Waals surface area contributed by atoms with Crippen molar-refractivity contribution in [2.45, 2.75) is 19.8 Å². The Labute approximate surface area is 232 Å². The second kappa shape index (κ2) is 10.4. The lowest BCUT2D eigenvalue weighted by Gasteiger charge is -2.26. The number of fused-ring (bicyclic) bond motifs is 3. The minimum absolute atomic E-state index is 0.0116. The van der Waals surface area contributed by atoms with E-state index in [9.17, 15) is 14.4 Å². The number of allylic oxidation sites excluding steroid dienone is 1. The first kappa shape index (κ1) is 25.5. The lowest BCUT2D eigenvalue weighted by Crippen LogP contribution is -2.33. The van der Waals surface area contributed by atoms with Gasteiger partial charge in [-0.05, 0) is 71.9 Å². The summed E-state index contributed by atoms with van der Waals surface area (Å²) in [5, 5.41) is 0.727. The van der Waals surface area contributed by atoms with Gasteiger partial charge in [0.25, 0.3) is 11.8 Å². The largest absolute Gasteiger partial charge is 0.497 e. The minimum Gasteiger partial charge on any atom is -0.497 e. The zero-order valence-electron chi connectivity index (χ0n) is 22.3. The van der Waals surface area contributed by atoms with E-state index in [0.717, 1.165) is 44.9 Å². The summed E-state index contributed by atoms with van der Waals surface area (Å²) in [6.45, 7) is 2.06. The standard InChI is InChI=1S/C33H28N2O5/c1-20-17-22(19-21-11-13-23(39-2)14-12-21)30-27(18-20)29(26-9-5-6-10-28(26)34-30)33(38)40-16-15-35-31(36)24-7-3-4-8-25(24)32(35)37/h3-14,19-20H,15-18H2,1-2H3/b22-19-. The fourth-order valence-corrected chi connectivity index (χ4v) is 5.61. The Morgan fingerprint density at radius 3 is 2.33 bits per heavy atom. The third kappa shape index (κ3) is 4.53. The number of hydrogen-bond acceptors (Lipinski definition) is 6. The number of hydrogen-bond donors (Lipinski definition) is 0. The van der Waals surface area contributed by atoms with Crippen molar-refractivity contribution < 1.29 is 23.9 Å². The van der Waals surface area contributed by atoms with Gasteiger partial charge in [0.05, 0.1) is 41.6 Å². The third-order valence-corrected chi connectivity index (χ3v) is 7.51. The van der Waals surface area contributed by atoms with Crippen LogP contribution in [0.2, 0.25) is 0 Å². The summed E-state index contributed by atoms with van der Waals surface area (Å²) in [6.07, 6.45) is 3.64. The fraction of sp³-hybridized carbons (Fsp3) is 0.212. The molecular formula is C33H28N2O5. The molecular weight excluding hydrogens is 504 g/mol. The number of pyridine rings is 1. The molecule has 3 aromatic carbocycles. The average molecular weight is 533 g/mol. The molecule has 40 heavy (non-hydrogen) atoms. The second-order valence-electron chi connectivity index (χ2n) is 10.2. The highest BCUT2D eigenvalue weighted by Gasteiger charge is 2.35. The first-order valence-electron chi connectivity index (χ1n) is 13.3. The van der Waals surface area contributed by atoms with Crippen molar-refractivity contribution >= 4 is 40.3 Å². The van der Waals surface area contributed by atoms with E-state index in [1.165, 1.54) is 0 Å². The Morgan fingerprint density at radius 1 is 0.950 bits per heavy atom. The van der Waals surface area contributed by atoms with Gasteiger partial charge in [0.2, 0.25) is 0 Å². The van der Waals surface area contributed by atoms with E-state index in [-0.39, 0.29) is 25.0 Å². The summed E-state index contributed by atoms with van der Waals surface area (Å²) >= 11 is 0. The molecule has 7 heteroatoms. The molecule has 6 rings (SSSR count). The normalized spacial score (nSPS) is 17.2. The Balaban J connectivity index is 1.31. The van der Waals surface area contributed by atoms with Gasteiger partial charge in [-0.3, -0.25) is 14.5 Å². The zero-order valence-corrected chi connectivity index (χ0v) is 22.3. The number of imide groups is 1. The summed E-state index contributed by atoms with van der Waals surface area (Å²) in [7, 11) is 1.64. The maximum atomic E-state index is 13.7. The predicted octanol–water partition coefficient (Wildman–Crippen LogP) is 5.82. The molecule has 1 aliphatic carbocycles. The monoisotopic (exact) mass is 532 g/mol. The highest BCUT2D eigenvalue weighted by Crippen LogP contribution is 2.39. The topological polar surface area (TPSA) is 85.8 Å². The number of rotatable bonds is 6. The molecule has 0 fully saturated rings. The van der Waals surface area contributed by atoms with Gasteiger partial charge in [-0.25, -0.2) is 9.78 Å². The van der Waals surface area contributed by atoms with E-state index in [0.29, 0.717) is 34.5 Å². The molecule has 1 unspecified atom stereocenters. The molecule has 0 N–H and O–H groups in total. The maximum absolute atomic E-state index is 13.7. The van der Waals surface area contributed by atoms with Gasteiger partial charge in [-0.2, -0.15) is 0 Å². The molecule has 1 aliphatic heterocycles. The summed E-state index contributed by atoms with van der Waals surface area (Å²) in [6, 6.07) is 22.1. The van der Waals surface area contributed by atoms with E-state index in [1.54, 1.807) is 31.4 Å². The van der Waals surface area contributed by atoms with Gasteiger partial charge < -0.3 is 9.47 Å². The molecule has 0 bridgehead atoms. The van der Waals surface area contributed by atoms with Crippen LogP contribution in [0.5, 0.6) is 5.75 Å². The highest BCUT2D eigenvalue weighted by atomic mass is 16.5. The molecule has 0 spiro atoms. The van der Waals surface area contributed by atoms with E-state index in [4.69, 9.17) is 14.5 Å². The number of methoxy groups -OCH3 is 1. The van der Waals surface area contributed by atoms with Gasteiger partial charge >= 0.3 is 5.97 Å². The van der Waals surface area contributed by atoms with Gasteiger partial charge in [0.15, 0.2) is 0 Å². The summed E-state index contributed by atoms with van der Waals surface area (Å²) in [4.78, 5) is 45.2. The number of para-hydroxylation sites is 1. The Kier molecular flexibility index (Phi) is 6.64. The molecule has 1 aromatic heterocycles. The van der Waals surface area contributed by atoms with Gasteiger partial charge in [0, 0.05) is 5.39 Å². The average Bonchev–Trinajstić information content (AvgIpc) is 3.21. The van der Waals surface area contributed by atoms with Gasteiger partial charge in [0.1, 0.15) is 12.4 Å². The molecule has 4 aromatic rings.